The molecule has 0 saturated heterocycles. The number of aromatic carboxylic acids is 1. The second-order valence-electron chi connectivity index (χ2n) is 3.21. The second kappa shape index (κ2) is 3.73. The van der Waals surface area contributed by atoms with Gasteiger partial charge in [0, 0.05) is 0 Å². The van der Waals surface area contributed by atoms with Crippen LogP contribution in [-0.4, -0.2) is 28.9 Å². The number of carboxylic acids is 2. The fourth-order valence-electron chi connectivity index (χ4n) is 1.56. The van der Waals surface area contributed by atoms with Crippen molar-refractivity contribution in [3.8, 4) is 11.5 Å². The summed E-state index contributed by atoms with van der Waals surface area (Å²) in [5.41, 5.74) is 0.0571. The number of aliphatic carboxylic acids is 1. The SMILES string of the molecule is O=C(O)Cc1ccc2c(c1C(=O)O)OCO2. The minimum atomic E-state index is -1.22. The van der Waals surface area contributed by atoms with E-state index in [2.05, 4.69) is 0 Å². The molecule has 0 radical (unpaired) electrons. The first-order valence-electron chi connectivity index (χ1n) is 4.46. The van der Waals surface area contributed by atoms with Crippen molar-refractivity contribution in [2.75, 3.05) is 6.79 Å². The molecule has 0 spiro atoms. The second-order valence-corrected chi connectivity index (χ2v) is 3.21. The summed E-state index contributed by atoms with van der Waals surface area (Å²) in [6, 6.07) is 2.93. The van der Waals surface area contributed by atoms with Gasteiger partial charge >= 0.3 is 11.9 Å². The molecule has 6 nitrogen and oxygen atoms in total. The van der Waals surface area contributed by atoms with Crippen molar-refractivity contribution in [1.82, 2.24) is 0 Å². The van der Waals surface area contributed by atoms with Crippen LogP contribution in [0.3, 0.4) is 0 Å². The lowest BCUT2D eigenvalue weighted by molar-refractivity contribution is -0.136. The molecular weight excluding hydrogens is 216 g/mol. The Morgan fingerprint density at radius 3 is 2.62 bits per heavy atom. The number of rotatable bonds is 3. The van der Waals surface area contributed by atoms with Crippen LogP contribution in [0.1, 0.15) is 15.9 Å². The van der Waals surface area contributed by atoms with Gasteiger partial charge in [0.2, 0.25) is 6.79 Å². The molecule has 16 heavy (non-hydrogen) atoms. The number of carbonyl (C=O) groups is 2. The van der Waals surface area contributed by atoms with Gasteiger partial charge < -0.3 is 19.7 Å². The molecule has 84 valence electrons. The maximum atomic E-state index is 11.0. The third kappa shape index (κ3) is 1.65. The molecule has 1 aliphatic rings. The quantitative estimate of drug-likeness (QED) is 0.786. The Hall–Kier alpha value is -2.24. The van der Waals surface area contributed by atoms with E-state index in [1.165, 1.54) is 12.1 Å². The first kappa shape index (κ1) is 10.3. The Labute approximate surface area is 90.0 Å². The van der Waals surface area contributed by atoms with Crippen molar-refractivity contribution in [3.05, 3.63) is 23.3 Å². The molecule has 0 aromatic heterocycles. The van der Waals surface area contributed by atoms with Crippen LogP contribution in [0.4, 0.5) is 0 Å². The zero-order chi connectivity index (χ0) is 11.7. The number of hydrogen-bond acceptors (Lipinski definition) is 4. The van der Waals surface area contributed by atoms with Crippen LogP contribution >= 0.6 is 0 Å². The topological polar surface area (TPSA) is 93.1 Å². The predicted molar refractivity (Wildman–Crippen MR) is 50.9 cm³/mol. The highest BCUT2D eigenvalue weighted by Crippen LogP contribution is 2.37. The van der Waals surface area contributed by atoms with Gasteiger partial charge in [0.1, 0.15) is 5.56 Å². The summed E-state index contributed by atoms with van der Waals surface area (Å²) in [4.78, 5) is 21.6. The van der Waals surface area contributed by atoms with Crippen LogP contribution in [0.2, 0.25) is 0 Å². The van der Waals surface area contributed by atoms with E-state index in [0.29, 0.717) is 5.75 Å². The fraction of sp³-hybridized carbons (Fsp3) is 0.200. The van der Waals surface area contributed by atoms with E-state index in [4.69, 9.17) is 19.7 Å². The van der Waals surface area contributed by atoms with Crippen LogP contribution in [0.5, 0.6) is 11.5 Å². The summed E-state index contributed by atoms with van der Waals surface area (Å²) in [6.45, 7) is -0.0495. The predicted octanol–water partition coefficient (Wildman–Crippen LogP) is 0.741. The van der Waals surface area contributed by atoms with E-state index >= 15 is 0 Å². The van der Waals surface area contributed by atoms with Crippen molar-refractivity contribution in [1.29, 1.82) is 0 Å². The van der Waals surface area contributed by atoms with E-state index in [1.807, 2.05) is 0 Å². The summed E-state index contributed by atoms with van der Waals surface area (Å²) in [7, 11) is 0. The van der Waals surface area contributed by atoms with Gasteiger partial charge in [0.05, 0.1) is 6.42 Å². The van der Waals surface area contributed by atoms with E-state index < -0.39 is 11.9 Å². The van der Waals surface area contributed by atoms with Crippen LogP contribution in [0.25, 0.3) is 0 Å². The molecule has 1 aliphatic heterocycles. The van der Waals surface area contributed by atoms with Gasteiger partial charge in [0.25, 0.3) is 0 Å². The summed E-state index contributed by atoms with van der Waals surface area (Å²) in [6.07, 6.45) is -0.363. The largest absolute Gasteiger partial charge is 0.481 e. The molecule has 0 amide bonds. The maximum Gasteiger partial charge on any atom is 0.339 e. The number of benzene rings is 1. The molecule has 0 atom stereocenters. The Morgan fingerprint density at radius 2 is 2.00 bits per heavy atom. The van der Waals surface area contributed by atoms with E-state index in [9.17, 15) is 9.59 Å². The van der Waals surface area contributed by atoms with E-state index in [1.54, 1.807) is 0 Å². The Bertz CT molecular complexity index is 465. The normalized spacial score (nSPS) is 12.5. The Kier molecular flexibility index (Phi) is 2.40. The molecule has 1 aromatic carbocycles. The molecule has 0 fully saturated rings. The molecule has 6 heteroatoms. The average Bonchev–Trinajstić information content (AvgIpc) is 2.63. The maximum absolute atomic E-state index is 11.0. The smallest absolute Gasteiger partial charge is 0.339 e. The summed E-state index contributed by atoms with van der Waals surface area (Å²) in [5.74, 6) is -1.89. The molecule has 0 bridgehead atoms. The van der Waals surface area contributed by atoms with Gasteiger partial charge in [-0.15, -0.1) is 0 Å². The Balaban J connectivity index is 2.53. The first-order chi connectivity index (χ1) is 7.59. The molecule has 1 aromatic rings. The van der Waals surface area contributed by atoms with Crippen LogP contribution < -0.4 is 9.47 Å². The number of carboxylic acid groups (broad SMARTS) is 2. The fourth-order valence-corrected chi connectivity index (χ4v) is 1.56. The Morgan fingerprint density at radius 1 is 1.25 bits per heavy atom. The number of hydrogen-bond donors (Lipinski definition) is 2. The minimum absolute atomic E-state index is 0.0495. The van der Waals surface area contributed by atoms with Gasteiger partial charge in [0.15, 0.2) is 11.5 Å². The highest BCUT2D eigenvalue weighted by molar-refractivity contribution is 5.95. The lowest BCUT2D eigenvalue weighted by Crippen LogP contribution is -2.08. The minimum Gasteiger partial charge on any atom is -0.481 e. The van der Waals surface area contributed by atoms with E-state index in [-0.39, 0.29) is 30.1 Å². The van der Waals surface area contributed by atoms with Crippen LogP contribution in [0.15, 0.2) is 12.1 Å². The van der Waals surface area contributed by atoms with Crippen molar-refractivity contribution in [2.24, 2.45) is 0 Å². The van der Waals surface area contributed by atoms with Gasteiger partial charge in [-0.25, -0.2) is 4.79 Å². The van der Waals surface area contributed by atoms with E-state index in [0.717, 1.165) is 0 Å². The number of fused-ring (bicyclic) bond motifs is 1. The monoisotopic (exact) mass is 224 g/mol. The molecule has 0 unspecified atom stereocenters. The summed E-state index contributed by atoms with van der Waals surface area (Å²) < 4.78 is 10.0. The zero-order valence-electron chi connectivity index (χ0n) is 8.10. The summed E-state index contributed by atoms with van der Waals surface area (Å²) >= 11 is 0. The van der Waals surface area contributed by atoms with Crippen LogP contribution in [-0.2, 0) is 11.2 Å². The zero-order valence-corrected chi connectivity index (χ0v) is 8.10. The first-order valence-corrected chi connectivity index (χ1v) is 4.46. The molecule has 2 N–H and O–H groups in total. The van der Waals surface area contributed by atoms with Crippen molar-refractivity contribution in [2.45, 2.75) is 6.42 Å². The van der Waals surface area contributed by atoms with Gasteiger partial charge in [-0.1, -0.05) is 6.07 Å². The molecule has 1 heterocycles. The average molecular weight is 224 g/mol. The molecular formula is C10H8O6. The highest BCUT2D eigenvalue weighted by Gasteiger charge is 2.25. The van der Waals surface area contributed by atoms with Crippen molar-refractivity contribution < 1.29 is 29.3 Å². The lowest BCUT2D eigenvalue weighted by Gasteiger charge is -2.06. The standard InChI is InChI=1S/C10H8O6/c11-7(12)3-5-1-2-6-9(16-4-15-6)8(5)10(13)14/h1-2H,3-4H2,(H,11,12)(H,13,14). The van der Waals surface area contributed by atoms with Gasteiger partial charge in [-0.3, -0.25) is 4.79 Å². The molecule has 0 saturated carbocycles. The third-order valence-corrected chi connectivity index (χ3v) is 2.18. The van der Waals surface area contributed by atoms with Crippen molar-refractivity contribution in [3.63, 3.8) is 0 Å². The van der Waals surface area contributed by atoms with Gasteiger partial charge in [-0.05, 0) is 11.6 Å². The molecule has 2 rings (SSSR count). The summed E-state index contributed by atoms with van der Waals surface area (Å²) in [5, 5.41) is 17.7. The van der Waals surface area contributed by atoms with Gasteiger partial charge in [-0.2, -0.15) is 0 Å². The molecule has 0 aliphatic carbocycles. The number of ether oxygens (including phenoxy) is 2. The lowest BCUT2D eigenvalue weighted by atomic mass is 10.0. The third-order valence-electron chi connectivity index (χ3n) is 2.18. The van der Waals surface area contributed by atoms with Crippen LogP contribution in [0, 0.1) is 0 Å². The van der Waals surface area contributed by atoms with Crippen molar-refractivity contribution >= 4 is 11.9 Å². The highest BCUT2D eigenvalue weighted by atomic mass is 16.7.